The Balaban J connectivity index is 1.76. The minimum absolute atomic E-state index is 0.210. The van der Waals surface area contributed by atoms with Crippen molar-refractivity contribution in [3.63, 3.8) is 0 Å². The van der Waals surface area contributed by atoms with Crippen LogP contribution in [0.4, 0.5) is 0 Å². The van der Waals surface area contributed by atoms with Crippen molar-refractivity contribution in [3.05, 3.63) is 88.5 Å². The highest BCUT2D eigenvalue weighted by atomic mass is 16.5. The minimum Gasteiger partial charge on any atom is -0.466 e. The number of esters is 2. The fraction of sp³-hybridized carbons (Fsp3) is 0.381. The number of hydrogen-bond acceptors (Lipinski definition) is 6. The first-order valence-electron chi connectivity index (χ1n) is 17.8. The molecule has 5 rings (SSSR count). The van der Waals surface area contributed by atoms with Crippen LogP contribution in [0.25, 0.3) is 50.4 Å². The van der Waals surface area contributed by atoms with Crippen LogP contribution >= 0.6 is 0 Å². The van der Waals surface area contributed by atoms with E-state index in [4.69, 9.17) is 19.4 Å². The van der Waals surface area contributed by atoms with E-state index in [0.717, 1.165) is 115 Å². The summed E-state index contributed by atoms with van der Waals surface area (Å²) < 4.78 is 11.0. The molecule has 8 heteroatoms. The van der Waals surface area contributed by atoms with Crippen molar-refractivity contribution < 1.29 is 19.1 Å². The third-order valence-corrected chi connectivity index (χ3v) is 9.72. The summed E-state index contributed by atoms with van der Waals surface area (Å²) in [5, 5.41) is 0. The first-order valence-corrected chi connectivity index (χ1v) is 17.8. The molecule has 0 atom stereocenters. The number of nitrogens with zero attached hydrogens (tertiary/aromatic N) is 2. The Labute approximate surface area is 295 Å². The van der Waals surface area contributed by atoms with E-state index in [1.165, 1.54) is 0 Å². The third kappa shape index (κ3) is 7.75. The lowest BCUT2D eigenvalue weighted by Gasteiger charge is -2.07. The molecule has 50 heavy (non-hydrogen) atoms. The molecule has 3 aromatic rings. The molecule has 5 heterocycles. The number of ether oxygens (including phenoxy) is 2. The number of hydrogen-bond donors (Lipinski definition) is 2. The van der Waals surface area contributed by atoms with Crippen molar-refractivity contribution in [1.29, 1.82) is 0 Å². The van der Waals surface area contributed by atoms with Crippen LogP contribution in [0.15, 0.2) is 43.5 Å². The molecular weight excluding hydrogens is 624 g/mol. The van der Waals surface area contributed by atoms with Gasteiger partial charge >= 0.3 is 11.9 Å². The molecule has 0 saturated heterocycles. The van der Waals surface area contributed by atoms with Gasteiger partial charge in [0.15, 0.2) is 0 Å². The molecule has 0 spiro atoms. The predicted molar refractivity (Wildman–Crippen MR) is 205 cm³/mol. The maximum Gasteiger partial charge on any atom is 0.306 e. The summed E-state index contributed by atoms with van der Waals surface area (Å²) in [4.78, 5) is 42.9. The highest BCUT2D eigenvalue weighted by molar-refractivity contribution is 5.98. The van der Waals surface area contributed by atoms with Gasteiger partial charge in [-0.15, -0.1) is 0 Å². The Kier molecular flexibility index (Phi) is 11.7. The quantitative estimate of drug-likeness (QED) is 0.130. The molecule has 8 nitrogen and oxygen atoms in total. The van der Waals surface area contributed by atoms with Crippen LogP contribution in [-0.2, 0) is 25.5 Å². The molecule has 3 aromatic heterocycles. The highest BCUT2D eigenvalue weighted by Gasteiger charge is 2.21. The average molecular weight is 675 g/mol. The summed E-state index contributed by atoms with van der Waals surface area (Å²) in [6, 6.07) is 8.24. The molecule has 0 amide bonds. The zero-order valence-electron chi connectivity index (χ0n) is 30.5. The summed E-state index contributed by atoms with van der Waals surface area (Å²) in [6.45, 7) is 21.5. The van der Waals surface area contributed by atoms with Crippen LogP contribution in [0.5, 0.6) is 0 Å². The van der Waals surface area contributed by atoms with Gasteiger partial charge in [0, 0.05) is 46.0 Å². The van der Waals surface area contributed by atoms with Gasteiger partial charge in [-0.3, -0.25) is 9.59 Å². The fourth-order valence-electron chi connectivity index (χ4n) is 6.56. The molecule has 0 saturated carbocycles. The van der Waals surface area contributed by atoms with E-state index in [0.29, 0.717) is 26.1 Å². The van der Waals surface area contributed by atoms with Gasteiger partial charge in [0.05, 0.1) is 36.0 Å². The van der Waals surface area contributed by atoms with Crippen LogP contribution in [-0.4, -0.2) is 45.1 Å². The molecule has 0 aliphatic carbocycles. The first kappa shape index (κ1) is 36.3. The fourth-order valence-corrected chi connectivity index (χ4v) is 6.56. The predicted octanol–water partition coefficient (Wildman–Crippen LogP) is 10.0. The second-order valence-corrected chi connectivity index (χ2v) is 13.1. The smallest absolute Gasteiger partial charge is 0.306 e. The lowest BCUT2D eigenvalue weighted by Crippen LogP contribution is -2.07. The molecule has 2 aliphatic heterocycles. The van der Waals surface area contributed by atoms with Crippen molar-refractivity contribution >= 4 is 62.4 Å². The number of nitrogens with one attached hydrogen (secondary N) is 2. The Hall–Kier alpha value is -4.98. The maximum absolute atomic E-state index is 12.7. The number of H-pyrrole nitrogens is 2. The normalized spacial score (nSPS) is 12.8. The van der Waals surface area contributed by atoms with E-state index < -0.39 is 0 Å². The second-order valence-electron chi connectivity index (χ2n) is 13.1. The van der Waals surface area contributed by atoms with Crippen LogP contribution in [0.3, 0.4) is 0 Å². The lowest BCUT2D eigenvalue weighted by atomic mass is 10.00. The van der Waals surface area contributed by atoms with E-state index >= 15 is 0 Å². The van der Waals surface area contributed by atoms with Crippen molar-refractivity contribution in [3.8, 4) is 0 Å². The molecule has 0 aromatic carbocycles. The Morgan fingerprint density at radius 3 is 1.86 bits per heavy atom. The number of aromatic amines is 2. The molecule has 0 fully saturated rings. The highest BCUT2D eigenvalue weighted by Crippen LogP contribution is 2.36. The van der Waals surface area contributed by atoms with Gasteiger partial charge in [-0.05, 0) is 111 Å². The molecule has 2 aliphatic rings. The topological polar surface area (TPSA) is 110 Å². The van der Waals surface area contributed by atoms with Gasteiger partial charge in [0.25, 0.3) is 0 Å². The van der Waals surface area contributed by atoms with Crippen LogP contribution in [0, 0.1) is 13.8 Å². The summed E-state index contributed by atoms with van der Waals surface area (Å²) in [6.07, 6.45) is 8.85. The second kappa shape index (κ2) is 16.2. The van der Waals surface area contributed by atoms with Gasteiger partial charge in [0.1, 0.15) is 0 Å². The largest absolute Gasteiger partial charge is 0.466 e. The van der Waals surface area contributed by atoms with Crippen molar-refractivity contribution in [1.82, 2.24) is 19.9 Å². The number of carbonyl (C=O) groups excluding carboxylic acids is 2. The number of unbranched alkanes of at least 4 members (excludes halogenated alkanes) is 2. The Bertz CT molecular complexity index is 2060. The van der Waals surface area contributed by atoms with Crippen molar-refractivity contribution in [2.24, 2.45) is 0 Å². The zero-order chi connectivity index (χ0) is 35.9. The molecule has 2 N–H and O–H groups in total. The molecule has 0 radical (unpaired) electrons. The van der Waals surface area contributed by atoms with Gasteiger partial charge in [-0.2, -0.15) is 0 Å². The number of aromatic nitrogens is 4. The summed E-state index contributed by atoms with van der Waals surface area (Å²) >= 11 is 0. The van der Waals surface area contributed by atoms with Crippen LogP contribution < -0.4 is 0 Å². The number of fused-ring (bicyclic) bond motifs is 8. The SMILES string of the molecule is C=CC1=C(C)c2cc3[nH]c(cc4nc(cc5[nH]c(cc1n2)c(C)c5C=C)C(C)=C4CCC(=O)OCCCC)c(CCC(=O)OCCCC)c3C. The van der Waals surface area contributed by atoms with Crippen LogP contribution in [0.1, 0.15) is 118 Å². The minimum atomic E-state index is -0.214. The van der Waals surface area contributed by atoms with E-state index in [-0.39, 0.29) is 24.8 Å². The van der Waals surface area contributed by atoms with E-state index in [2.05, 4.69) is 88.9 Å². The number of aryl methyl sites for hydroxylation is 3. The molecular formula is C42H50N4O4. The third-order valence-electron chi connectivity index (χ3n) is 9.72. The number of rotatable bonds is 14. The van der Waals surface area contributed by atoms with E-state index in [1.54, 1.807) is 0 Å². The molecule has 8 bridgehead atoms. The summed E-state index contributed by atoms with van der Waals surface area (Å²) in [5.41, 5.74) is 14.9. The van der Waals surface area contributed by atoms with Crippen molar-refractivity contribution in [2.75, 3.05) is 13.2 Å². The maximum atomic E-state index is 12.7. The Morgan fingerprint density at radius 2 is 1.22 bits per heavy atom. The van der Waals surface area contributed by atoms with Gasteiger partial charge in [-0.1, -0.05) is 52.0 Å². The first-order chi connectivity index (χ1) is 24.1. The number of allylic oxidation sites excluding steroid dienone is 5. The summed E-state index contributed by atoms with van der Waals surface area (Å²) in [5.74, 6) is -0.424. The van der Waals surface area contributed by atoms with Gasteiger partial charge in [0.2, 0.25) is 0 Å². The zero-order valence-corrected chi connectivity index (χ0v) is 30.5. The van der Waals surface area contributed by atoms with E-state index in [1.807, 2.05) is 12.2 Å². The molecule has 0 unspecified atom stereocenters. The van der Waals surface area contributed by atoms with Crippen LogP contribution in [0.2, 0.25) is 0 Å². The van der Waals surface area contributed by atoms with E-state index in [9.17, 15) is 9.59 Å². The van der Waals surface area contributed by atoms with Gasteiger partial charge in [-0.25, -0.2) is 9.97 Å². The Morgan fingerprint density at radius 1 is 0.680 bits per heavy atom. The molecule has 262 valence electrons. The summed E-state index contributed by atoms with van der Waals surface area (Å²) in [7, 11) is 0. The van der Waals surface area contributed by atoms with Crippen molar-refractivity contribution in [2.45, 2.75) is 92.9 Å². The standard InChI is InChI=1S/C42H50N4O4/c1-9-13-19-49-41(47)17-15-31-27(7)34-21-33-25(5)29(11-3)37(43-33)22-35-26(6)30(12-4)38(44-35)23-36-28(8)32(40(46-36)24-39(31)45-34)16-18-42(48)50-20-14-10-2/h11-12,21-24,44-45H,3-4,9-10,13-20H2,1-2,5-8H3. The monoisotopic (exact) mass is 674 g/mol. The van der Waals surface area contributed by atoms with Gasteiger partial charge < -0.3 is 19.4 Å². The number of carbonyl (C=O) groups is 2. The average Bonchev–Trinajstić information content (AvgIpc) is 3.75. The lowest BCUT2D eigenvalue weighted by molar-refractivity contribution is -0.144.